The standard InChI is InChI=1S/C22H22FNO5/c1-13(2)29-11-10-24-19(15-4-3-5-17(25)12-15)18(21(27)22(24)28)20(26)14-6-8-16(23)9-7-14/h3-9,12-13,19,25-26H,10-11H2,1-2H3/b20-18-. The molecule has 3 rings (SSSR count). The Kier molecular flexibility index (Phi) is 5.98. The van der Waals surface area contributed by atoms with Crippen molar-refractivity contribution in [1.29, 1.82) is 0 Å². The zero-order chi connectivity index (χ0) is 21.1. The zero-order valence-electron chi connectivity index (χ0n) is 16.1. The number of Topliss-reactive ketones (excluding diaryl/α,β-unsaturated/α-hetero) is 1. The molecule has 0 bridgehead atoms. The fraction of sp³-hybridized carbons (Fsp3) is 0.273. The summed E-state index contributed by atoms with van der Waals surface area (Å²) in [6.45, 7) is 4.05. The molecule has 1 atom stereocenters. The summed E-state index contributed by atoms with van der Waals surface area (Å²) in [6.07, 6.45) is -0.0507. The minimum absolute atomic E-state index is 0.0340. The van der Waals surface area contributed by atoms with Gasteiger partial charge in [0.1, 0.15) is 17.3 Å². The van der Waals surface area contributed by atoms with E-state index < -0.39 is 29.3 Å². The van der Waals surface area contributed by atoms with Gasteiger partial charge in [-0.1, -0.05) is 12.1 Å². The number of benzene rings is 2. The number of aromatic hydroxyl groups is 1. The van der Waals surface area contributed by atoms with Crippen molar-refractivity contribution < 1.29 is 28.9 Å². The van der Waals surface area contributed by atoms with Crippen LogP contribution in [0.3, 0.4) is 0 Å². The molecular weight excluding hydrogens is 377 g/mol. The Labute approximate surface area is 167 Å². The van der Waals surface area contributed by atoms with Gasteiger partial charge in [0.25, 0.3) is 11.7 Å². The number of carbonyl (C=O) groups is 2. The summed E-state index contributed by atoms with van der Waals surface area (Å²) in [7, 11) is 0. The number of ether oxygens (including phenoxy) is 1. The van der Waals surface area contributed by atoms with Crippen LogP contribution in [0.25, 0.3) is 5.76 Å². The molecule has 0 spiro atoms. The van der Waals surface area contributed by atoms with Crippen LogP contribution < -0.4 is 0 Å². The molecule has 6 nitrogen and oxygen atoms in total. The first-order valence-electron chi connectivity index (χ1n) is 9.24. The van der Waals surface area contributed by atoms with E-state index in [1.54, 1.807) is 12.1 Å². The van der Waals surface area contributed by atoms with Gasteiger partial charge in [0.05, 0.1) is 24.3 Å². The summed E-state index contributed by atoms with van der Waals surface area (Å²) in [6, 6.07) is 10.2. The van der Waals surface area contributed by atoms with Crippen LogP contribution in [0.4, 0.5) is 4.39 Å². The fourth-order valence-corrected chi connectivity index (χ4v) is 3.30. The van der Waals surface area contributed by atoms with Crippen LogP contribution in [0, 0.1) is 5.82 Å². The zero-order valence-corrected chi connectivity index (χ0v) is 16.1. The molecule has 7 heteroatoms. The first-order valence-corrected chi connectivity index (χ1v) is 9.24. The van der Waals surface area contributed by atoms with Crippen molar-refractivity contribution in [3.8, 4) is 5.75 Å². The fourth-order valence-electron chi connectivity index (χ4n) is 3.30. The summed E-state index contributed by atoms with van der Waals surface area (Å²) < 4.78 is 18.8. The number of likely N-dealkylation sites (tertiary alicyclic amines) is 1. The van der Waals surface area contributed by atoms with Gasteiger partial charge in [-0.25, -0.2) is 4.39 Å². The van der Waals surface area contributed by atoms with Gasteiger partial charge in [0.2, 0.25) is 0 Å². The quantitative estimate of drug-likeness (QED) is 0.442. The lowest BCUT2D eigenvalue weighted by Crippen LogP contribution is -2.33. The number of nitrogens with zero attached hydrogens (tertiary/aromatic N) is 1. The lowest BCUT2D eigenvalue weighted by Gasteiger charge is -2.25. The SMILES string of the molecule is CC(C)OCCN1C(=O)C(=O)/C(=C(\O)c2ccc(F)cc2)C1c1cccc(O)c1. The van der Waals surface area contributed by atoms with Gasteiger partial charge >= 0.3 is 0 Å². The van der Waals surface area contributed by atoms with E-state index in [-0.39, 0.29) is 36.1 Å². The molecule has 0 aliphatic carbocycles. The number of phenolic OH excluding ortho intramolecular Hbond substituents is 1. The Morgan fingerprint density at radius 1 is 1.17 bits per heavy atom. The van der Waals surface area contributed by atoms with Crippen LogP contribution in [0.1, 0.15) is 31.0 Å². The number of hydrogen-bond acceptors (Lipinski definition) is 5. The molecule has 29 heavy (non-hydrogen) atoms. The number of ketones is 1. The Balaban J connectivity index is 2.09. The van der Waals surface area contributed by atoms with E-state index in [0.29, 0.717) is 5.56 Å². The van der Waals surface area contributed by atoms with Crippen LogP contribution in [-0.4, -0.2) is 46.1 Å². The van der Waals surface area contributed by atoms with Crippen molar-refractivity contribution in [3.05, 3.63) is 71.0 Å². The molecule has 0 radical (unpaired) electrons. The highest BCUT2D eigenvalue weighted by molar-refractivity contribution is 6.46. The van der Waals surface area contributed by atoms with Gasteiger partial charge < -0.3 is 19.8 Å². The molecule has 1 aliphatic rings. The van der Waals surface area contributed by atoms with Crippen molar-refractivity contribution in [2.45, 2.75) is 26.0 Å². The maximum Gasteiger partial charge on any atom is 0.295 e. The topological polar surface area (TPSA) is 87.1 Å². The molecule has 152 valence electrons. The van der Waals surface area contributed by atoms with Crippen LogP contribution in [0.5, 0.6) is 5.75 Å². The van der Waals surface area contributed by atoms with E-state index in [9.17, 15) is 24.2 Å². The Morgan fingerprint density at radius 3 is 2.48 bits per heavy atom. The number of rotatable bonds is 6. The van der Waals surface area contributed by atoms with Crippen molar-refractivity contribution in [3.63, 3.8) is 0 Å². The number of amides is 1. The highest BCUT2D eigenvalue weighted by atomic mass is 19.1. The number of phenols is 1. The molecule has 1 fully saturated rings. The first-order chi connectivity index (χ1) is 13.8. The van der Waals surface area contributed by atoms with Gasteiger partial charge in [-0.3, -0.25) is 9.59 Å². The number of carbonyl (C=O) groups excluding carboxylic acids is 2. The number of aliphatic hydroxyl groups is 1. The molecule has 1 heterocycles. The second-order valence-electron chi connectivity index (χ2n) is 7.01. The van der Waals surface area contributed by atoms with E-state index in [1.807, 2.05) is 13.8 Å². The summed E-state index contributed by atoms with van der Waals surface area (Å²) in [4.78, 5) is 26.8. The van der Waals surface area contributed by atoms with Crippen molar-refractivity contribution in [2.24, 2.45) is 0 Å². The second kappa shape index (κ2) is 8.45. The summed E-state index contributed by atoms with van der Waals surface area (Å²) in [5, 5.41) is 20.7. The van der Waals surface area contributed by atoms with Gasteiger partial charge in [-0.2, -0.15) is 0 Å². The Bertz CT molecular complexity index is 952. The molecule has 0 saturated carbocycles. The molecule has 1 aliphatic heterocycles. The predicted molar refractivity (Wildman–Crippen MR) is 105 cm³/mol. The van der Waals surface area contributed by atoms with E-state index in [0.717, 1.165) is 12.1 Å². The second-order valence-corrected chi connectivity index (χ2v) is 7.01. The van der Waals surface area contributed by atoms with Crippen LogP contribution in [-0.2, 0) is 14.3 Å². The van der Waals surface area contributed by atoms with Crippen molar-refractivity contribution >= 4 is 17.4 Å². The van der Waals surface area contributed by atoms with Crippen LogP contribution in [0.2, 0.25) is 0 Å². The van der Waals surface area contributed by atoms with Gasteiger partial charge in [-0.15, -0.1) is 0 Å². The molecule has 0 aromatic heterocycles. The normalized spacial score (nSPS) is 18.6. The third kappa shape index (κ3) is 4.30. The van der Waals surface area contributed by atoms with E-state index in [4.69, 9.17) is 4.74 Å². The first kappa shape index (κ1) is 20.5. The molecule has 1 unspecified atom stereocenters. The molecule has 2 aromatic rings. The smallest absolute Gasteiger partial charge is 0.295 e. The number of hydrogen-bond donors (Lipinski definition) is 2. The Morgan fingerprint density at radius 2 is 1.86 bits per heavy atom. The number of halogens is 1. The number of aliphatic hydroxyl groups excluding tert-OH is 1. The molecule has 2 N–H and O–H groups in total. The highest BCUT2D eigenvalue weighted by Crippen LogP contribution is 2.39. The minimum Gasteiger partial charge on any atom is -0.508 e. The maximum absolute atomic E-state index is 13.3. The van der Waals surface area contributed by atoms with Crippen LogP contribution in [0.15, 0.2) is 54.1 Å². The summed E-state index contributed by atoms with van der Waals surface area (Å²) in [5.41, 5.74) is 0.571. The lowest BCUT2D eigenvalue weighted by molar-refractivity contribution is -0.140. The molecule has 1 amide bonds. The van der Waals surface area contributed by atoms with Gasteiger partial charge in [0, 0.05) is 12.1 Å². The maximum atomic E-state index is 13.3. The Hall–Kier alpha value is -3.19. The minimum atomic E-state index is -0.900. The molecule has 1 saturated heterocycles. The highest BCUT2D eigenvalue weighted by Gasteiger charge is 2.46. The van der Waals surface area contributed by atoms with E-state index in [2.05, 4.69) is 0 Å². The van der Waals surface area contributed by atoms with Crippen molar-refractivity contribution in [1.82, 2.24) is 4.90 Å². The van der Waals surface area contributed by atoms with E-state index >= 15 is 0 Å². The average Bonchev–Trinajstić information content (AvgIpc) is 2.93. The van der Waals surface area contributed by atoms with E-state index in [1.165, 1.54) is 29.2 Å². The third-order valence-corrected chi connectivity index (χ3v) is 4.63. The largest absolute Gasteiger partial charge is 0.508 e. The lowest BCUT2D eigenvalue weighted by atomic mass is 9.95. The molecular formula is C22H22FNO5. The molecule has 2 aromatic carbocycles. The van der Waals surface area contributed by atoms with Crippen molar-refractivity contribution in [2.75, 3.05) is 13.2 Å². The van der Waals surface area contributed by atoms with Gasteiger partial charge in [0.15, 0.2) is 0 Å². The monoisotopic (exact) mass is 399 g/mol. The summed E-state index contributed by atoms with van der Waals surface area (Å²) >= 11 is 0. The third-order valence-electron chi connectivity index (χ3n) is 4.63. The van der Waals surface area contributed by atoms with Gasteiger partial charge in [-0.05, 0) is 55.8 Å². The average molecular weight is 399 g/mol. The summed E-state index contributed by atoms with van der Waals surface area (Å²) in [5.74, 6) is -2.53. The predicted octanol–water partition coefficient (Wildman–Crippen LogP) is 3.38. The van der Waals surface area contributed by atoms with Crippen LogP contribution >= 0.6 is 0 Å².